The van der Waals surface area contributed by atoms with Crippen LogP contribution in [-0.4, -0.2) is 56.1 Å². The lowest BCUT2D eigenvalue weighted by molar-refractivity contribution is 0.0949. The first-order valence-corrected chi connectivity index (χ1v) is 12.1. The van der Waals surface area contributed by atoms with Crippen molar-refractivity contribution in [3.05, 3.63) is 53.6 Å². The number of nitrogens with one attached hydrogen (secondary N) is 3. The Bertz CT molecular complexity index is 936. The van der Waals surface area contributed by atoms with Crippen LogP contribution in [-0.2, 0) is 6.42 Å². The predicted octanol–water partition coefficient (Wildman–Crippen LogP) is 4.56. The lowest BCUT2D eigenvalue weighted by Crippen LogP contribution is -2.35. The monoisotopic (exact) mass is 451 g/mol. The molecule has 7 nitrogen and oxygen atoms in total. The molecule has 3 N–H and O–H groups in total. The summed E-state index contributed by atoms with van der Waals surface area (Å²) >= 11 is 0. The minimum Gasteiger partial charge on any atom is -0.371 e. The van der Waals surface area contributed by atoms with Gasteiger partial charge in [0.15, 0.2) is 0 Å². The zero-order valence-electron chi connectivity index (χ0n) is 20.1. The van der Waals surface area contributed by atoms with E-state index < -0.39 is 0 Å². The number of hydrogen-bond donors (Lipinski definition) is 3. The number of rotatable bonds is 10. The minimum absolute atomic E-state index is 0.108. The van der Waals surface area contributed by atoms with Gasteiger partial charge >= 0.3 is 6.03 Å². The molecule has 1 aliphatic rings. The summed E-state index contributed by atoms with van der Waals surface area (Å²) in [5.41, 5.74) is 4.02. The molecule has 7 heteroatoms. The van der Waals surface area contributed by atoms with Crippen LogP contribution in [0.3, 0.4) is 0 Å². The predicted molar refractivity (Wildman–Crippen MR) is 136 cm³/mol. The van der Waals surface area contributed by atoms with E-state index in [4.69, 9.17) is 0 Å². The number of carbonyl (C=O) groups is 2. The quantitative estimate of drug-likeness (QED) is 0.495. The molecule has 0 aromatic heterocycles. The van der Waals surface area contributed by atoms with Crippen molar-refractivity contribution in [1.29, 1.82) is 0 Å². The van der Waals surface area contributed by atoms with E-state index in [1.807, 2.05) is 36.4 Å². The number of aryl methyl sites for hydroxylation is 1. The van der Waals surface area contributed by atoms with Gasteiger partial charge in [-0.15, -0.1) is 0 Å². The summed E-state index contributed by atoms with van der Waals surface area (Å²) in [7, 11) is 0. The van der Waals surface area contributed by atoms with Gasteiger partial charge in [-0.05, 0) is 68.2 Å². The molecule has 3 rings (SSSR count). The van der Waals surface area contributed by atoms with Gasteiger partial charge in [-0.3, -0.25) is 4.79 Å². The molecule has 33 heavy (non-hydrogen) atoms. The van der Waals surface area contributed by atoms with E-state index in [9.17, 15) is 9.59 Å². The van der Waals surface area contributed by atoms with Crippen molar-refractivity contribution in [3.8, 4) is 0 Å². The normalized spacial score (nSPS) is 13.3. The van der Waals surface area contributed by atoms with Crippen molar-refractivity contribution in [2.75, 3.05) is 54.8 Å². The number of carbonyl (C=O) groups excluding carboxylic acids is 2. The summed E-state index contributed by atoms with van der Waals surface area (Å²) in [6.45, 7) is 11.5. The molecule has 0 aliphatic carbocycles. The number of benzene rings is 2. The maximum absolute atomic E-state index is 13.1. The second kappa shape index (κ2) is 12.3. The summed E-state index contributed by atoms with van der Waals surface area (Å²) < 4.78 is 0. The van der Waals surface area contributed by atoms with Gasteiger partial charge in [0.1, 0.15) is 0 Å². The Hall–Kier alpha value is -3.06. The molecule has 2 aromatic rings. The van der Waals surface area contributed by atoms with E-state index in [1.54, 1.807) is 6.07 Å². The lowest BCUT2D eigenvalue weighted by atomic mass is 10.1. The van der Waals surface area contributed by atoms with Crippen LogP contribution in [0.5, 0.6) is 0 Å². The first kappa shape index (κ1) is 24.6. The second-order valence-electron chi connectivity index (χ2n) is 8.34. The SMILES string of the molecule is CCc1cccc(NC(=O)Nc2ccc(N3CCCC3)c(C(=O)NCCN(CC)CC)c2)c1. The molecule has 1 heterocycles. The van der Waals surface area contributed by atoms with Gasteiger partial charge in [0.05, 0.1) is 5.56 Å². The molecule has 0 spiro atoms. The summed E-state index contributed by atoms with van der Waals surface area (Å²) in [5, 5.41) is 8.81. The van der Waals surface area contributed by atoms with Crippen molar-refractivity contribution in [2.45, 2.75) is 40.0 Å². The summed E-state index contributed by atoms with van der Waals surface area (Å²) in [6, 6.07) is 13.0. The number of urea groups is 1. The molecule has 1 saturated heterocycles. The van der Waals surface area contributed by atoms with Gasteiger partial charge in [-0.2, -0.15) is 0 Å². The van der Waals surface area contributed by atoms with Crippen LogP contribution < -0.4 is 20.9 Å². The van der Waals surface area contributed by atoms with Crippen molar-refractivity contribution in [1.82, 2.24) is 10.2 Å². The number of amides is 3. The van der Waals surface area contributed by atoms with E-state index in [-0.39, 0.29) is 11.9 Å². The zero-order valence-corrected chi connectivity index (χ0v) is 20.1. The van der Waals surface area contributed by atoms with Gasteiger partial charge < -0.3 is 25.8 Å². The van der Waals surface area contributed by atoms with Crippen LogP contribution >= 0.6 is 0 Å². The Kier molecular flexibility index (Phi) is 9.13. The van der Waals surface area contributed by atoms with E-state index in [0.717, 1.165) is 68.9 Å². The summed E-state index contributed by atoms with van der Waals surface area (Å²) in [6.07, 6.45) is 3.16. The van der Waals surface area contributed by atoms with Gasteiger partial charge in [0, 0.05) is 43.2 Å². The lowest BCUT2D eigenvalue weighted by Gasteiger charge is -2.23. The second-order valence-corrected chi connectivity index (χ2v) is 8.34. The fraction of sp³-hybridized carbons (Fsp3) is 0.462. The zero-order chi connectivity index (χ0) is 23.6. The van der Waals surface area contributed by atoms with Crippen molar-refractivity contribution in [2.24, 2.45) is 0 Å². The van der Waals surface area contributed by atoms with Gasteiger partial charge in [-0.25, -0.2) is 4.79 Å². The molecular formula is C26H37N5O2. The van der Waals surface area contributed by atoms with E-state index >= 15 is 0 Å². The summed E-state index contributed by atoms with van der Waals surface area (Å²) in [4.78, 5) is 30.2. The van der Waals surface area contributed by atoms with Crippen LogP contribution in [0.4, 0.5) is 21.9 Å². The van der Waals surface area contributed by atoms with Crippen molar-refractivity contribution < 1.29 is 9.59 Å². The molecule has 3 amide bonds. The highest BCUT2D eigenvalue weighted by molar-refractivity contribution is 6.04. The van der Waals surface area contributed by atoms with Crippen molar-refractivity contribution in [3.63, 3.8) is 0 Å². The Labute approximate surface area is 197 Å². The third-order valence-corrected chi connectivity index (χ3v) is 6.15. The average molecular weight is 452 g/mol. The van der Waals surface area contributed by atoms with E-state index in [1.165, 1.54) is 0 Å². The van der Waals surface area contributed by atoms with Crippen LogP contribution in [0.25, 0.3) is 0 Å². The van der Waals surface area contributed by atoms with Crippen LogP contribution in [0.1, 0.15) is 49.5 Å². The Balaban J connectivity index is 1.71. The largest absolute Gasteiger partial charge is 0.371 e. The molecule has 0 saturated carbocycles. The number of hydrogen-bond acceptors (Lipinski definition) is 4. The van der Waals surface area contributed by atoms with Gasteiger partial charge in [0.25, 0.3) is 5.91 Å². The molecule has 178 valence electrons. The van der Waals surface area contributed by atoms with Gasteiger partial charge in [-0.1, -0.05) is 32.9 Å². The van der Waals surface area contributed by atoms with Crippen LogP contribution in [0, 0.1) is 0 Å². The highest BCUT2D eigenvalue weighted by atomic mass is 16.2. The summed E-state index contributed by atoms with van der Waals surface area (Å²) in [5.74, 6) is -0.108. The van der Waals surface area contributed by atoms with Crippen LogP contribution in [0.2, 0.25) is 0 Å². The smallest absolute Gasteiger partial charge is 0.323 e. The molecule has 1 fully saturated rings. The maximum atomic E-state index is 13.1. The topological polar surface area (TPSA) is 76.7 Å². The molecule has 0 bridgehead atoms. The molecular weight excluding hydrogens is 414 g/mol. The number of likely N-dealkylation sites (N-methyl/N-ethyl adjacent to an activating group) is 1. The Morgan fingerprint density at radius 1 is 0.939 bits per heavy atom. The number of nitrogens with zero attached hydrogens (tertiary/aromatic N) is 2. The fourth-order valence-electron chi connectivity index (χ4n) is 4.15. The Morgan fingerprint density at radius 3 is 2.30 bits per heavy atom. The van der Waals surface area contributed by atoms with Gasteiger partial charge in [0.2, 0.25) is 0 Å². The number of anilines is 3. The third kappa shape index (κ3) is 6.96. The highest BCUT2D eigenvalue weighted by Gasteiger charge is 2.20. The van der Waals surface area contributed by atoms with E-state index in [2.05, 4.69) is 46.5 Å². The van der Waals surface area contributed by atoms with Crippen molar-refractivity contribution >= 4 is 29.0 Å². The van der Waals surface area contributed by atoms with E-state index in [0.29, 0.717) is 17.8 Å². The molecule has 1 aliphatic heterocycles. The standard InChI is InChI=1S/C26H37N5O2/c1-4-20-10-9-11-21(18-20)28-26(33)29-22-12-13-24(31-15-7-8-16-31)23(19-22)25(32)27-14-17-30(5-2)6-3/h9-13,18-19H,4-8,14-17H2,1-3H3,(H,27,32)(H2,28,29,33). The Morgan fingerprint density at radius 2 is 1.64 bits per heavy atom. The maximum Gasteiger partial charge on any atom is 0.323 e. The molecule has 0 unspecified atom stereocenters. The first-order chi connectivity index (χ1) is 16.0. The minimum atomic E-state index is -0.329. The highest BCUT2D eigenvalue weighted by Crippen LogP contribution is 2.27. The first-order valence-electron chi connectivity index (χ1n) is 12.1. The third-order valence-electron chi connectivity index (χ3n) is 6.15. The fourth-order valence-corrected chi connectivity index (χ4v) is 4.15. The van der Waals surface area contributed by atoms with Crippen LogP contribution in [0.15, 0.2) is 42.5 Å². The molecule has 0 radical (unpaired) electrons. The molecule has 2 aromatic carbocycles. The average Bonchev–Trinajstić information content (AvgIpc) is 3.36. The molecule has 0 atom stereocenters.